The average Bonchev–Trinajstić information content (AvgIpc) is 2.47. The zero-order valence-corrected chi connectivity index (χ0v) is 14.4. The summed E-state index contributed by atoms with van der Waals surface area (Å²) in [6, 6.07) is 1.83. The minimum absolute atomic E-state index is 0.0508. The van der Waals surface area contributed by atoms with Crippen LogP contribution in [0.15, 0.2) is 16.7 Å². The number of aromatic nitrogens is 1. The van der Waals surface area contributed by atoms with Gasteiger partial charge in [-0.3, -0.25) is 4.98 Å². The van der Waals surface area contributed by atoms with E-state index in [4.69, 9.17) is 4.74 Å². The zero-order valence-electron chi connectivity index (χ0n) is 12.8. The van der Waals surface area contributed by atoms with Crippen LogP contribution in [0.5, 0.6) is 0 Å². The smallest absolute Gasteiger partial charge is 0.321 e. The van der Waals surface area contributed by atoms with Crippen molar-refractivity contribution in [3.05, 3.63) is 22.4 Å². The van der Waals surface area contributed by atoms with Gasteiger partial charge in [-0.1, -0.05) is 0 Å². The summed E-state index contributed by atoms with van der Waals surface area (Å²) in [4.78, 5) is 18.5. The van der Waals surface area contributed by atoms with E-state index < -0.39 is 0 Å². The van der Waals surface area contributed by atoms with Gasteiger partial charge in [0.05, 0.1) is 23.6 Å². The summed E-state index contributed by atoms with van der Waals surface area (Å²) < 4.78 is 6.90. The van der Waals surface area contributed by atoms with Gasteiger partial charge in [-0.2, -0.15) is 0 Å². The largest absolute Gasteiger partial charge is 0.375 e. The number of hydrogen-bond acceptors (Lipinski definition) is 3. The Morgan fingerprint density at radius 3 is 2.64 bits per heavy atom. The van der Waals surface area contributed by atoms with Gasteiger partial charge in [0.1, 0.15) is 0 Å². The monoisotopic (exact) mass is 367 g/mol. The molecule has 2 amide bonds. The van der Waals surface area contributed by atoms with E-state index >= 15 is 0 Å². The number of hydrogen-bond donors (Lipinski definition) is 1. The normalized spacial score (nSPS) is 19.8. The molecule has 120 valence electrons. The van der Waals surface area contributed by atoms with Crippen LogP contribution in [-0.2, 0) is 4.74 Å². The molecule has 0 spiro atoms. The lowest BCUT2D eigenvalue weighted by molar-refractivity contribution is -0.0694. The summed E-state index contributed by atoms with van der Waals surface area (Å²) in [6.07, 6.45) is 8.09. The van der Waals surface area contributed by atoms with E-state index in [0.29, 0.717) is 12.2 Å². The SMILES string of the molecule is Cc1ncc(Br)cc1NC(=O)N1CCC(OC2CCC2)CC1. The van der Waals surface area contributed by atoms with Crippen LogP contribution in [0, 0.1) is 6.92 Å². The molecule has 1 aromatic rings. The van der Waals surface area contributed by atoms with Gasteiger partial charge in [-0.15, -0.1) is 0 Å². The lowest BCUT2D eigenvalue weighted by Gasteiger charge is -2.36. The number of pyridine rings is 1. The second-order valence-electron chi connectivity index (χ2n) is 6.09. The van der Waals surface area contributed by atoms with Crippen molar-refractivity contribution in [3.63, 3.8) is 0 Å². The highest BCUT2D eigenvalue weighted by molar-refractivity contribution is 9.10. The summed E-state index contributed by atoms with van der Waals surface area (Å²) in [5.41, 5.74) is 1.58. The van der Waals surface area contributed by atoms with Crippen molar-refractivity contribution in [1.82, 2.24) is 9.88 Å². The van der Waals surface area contributed by atoms with Gasteiger partial charge in [0.2, 0.25) is 0 Å². The number of aryl methyl sites for hydroxylation is 1. The van der Waals surface area contributed by atoms with Crippen molar-refractivity contribution < 1.29 is 9.53 Å². The maximum absolute atomic E-state index is 12.4. The van der Waals surface area contributed by atoms with Gasteiger partial charge in [0.15, 0.2) is 0 Å². The molecule has 2 fully saturated rings. The fourth-order valence-corrected chi connectivity index (χ4v) is 3.13. The number of likely N-dealkylation sites (tertiary alicyclic amines) is 1. The number of carbonyl (C=O) groups is 1. The minimum atomic E-state index is -0.0508. The Labute approximate surface area is 139 Å². The molecule has 0 bridgehead atoms. The molecule has 5 nitrogen and oxygen atoms in total. The van der Waals surface area contributed by atoms with E-state index in [9.17, 15) is 4.79 Å². The molecule has 2 heterocycles. The van der Waals surface area contributed by atoms with Crippen LogP contribution < -0.4 is 5.32 Å². The molecule has 6 heteroatoms. The number of urea groups is 1. The van der Waals surface area contributed by atoms with Crippen molar-refractivity contribution in [2.24, 2.45) is 0 Å². The first-order chi connectivity index (χ1) is 10.6. The predicted octanol–water partition coefficient (Wildman–Crippen LogP) is 3.72. The third kappa shape index (κ3) is 3.79. The van der Waals surface area contributed by atoms with Gasteiger partial charge in [-0.05, 0) is 61.0 Å². The molecule has 1 aromatic heterocycles. The Bertz CT molecular complexity index is 540. The van der Waals surface area contributed by atoms with Gasteiger partial charge >= 0.3 is 6.03 Å². The summed E-state index contributed by atoms with van der Waals surface area (Å²) in [5, 5.41) is 2.95. The van der Waals surface area contributed by atoms with Crippen LogP contribution in [0.3, 0.4) is 0 Å². The average molecular weight is 368 g/mol. The zero-order chi connectivity index (χ0) is 15.5. The van der Waals surface area contributed by atoms with Crippen molar-refractivity contribution in [2.45, 2.75) is 51.2 Å². The predicted molar refractivity (Wildman–Crippen MR) is 89.0 cm³/mol. The summed E-state index contributed by atoms with van der Waals surface area (Å²) in [6.45, 7) is 3.40. The summed E-state index contributed by atoms with van der Waals surface area (Å²) in [7, 11) is 0. The molecule has 1 N–H and O–H groups in total. The number of nitrogens with zero attached hydrogens (tertiary/aromatic N) is 2. The quantitative estimate of drug-likeness (QED) is 0.885. The van der Waals surface area contributed by atoms with Crippen LogP contribution in [-0.4, -0.2) is 41.2 Å². The first kappa shape index (κ1) is 15.7. The summed E-state index contributed by atoms with van der Waals surface area (Å²) >= 11 is 3.38. The third-order valence-corrected chi connectivity index (χ3v) is 4.90. The second kappa shape index (κ2) is 6.96. The maximum atomic E-state index is 12.4. The van der Waals surface area contributed by atoms with Crippen LogP contribution in [0.1, 0.15) is 37.8 Å². The molecule has 1 saturated carbocycles. The molecule has 2 aliphatic rings. The maximum Gasteiger partial charge on any atom is 0.321 e. The Balaban J connectivity index is 1.50. The Morgan fingerprint density at radius 1 is 1.32 bits per heavy atom. The first-order valence-corrected chi connectivity index (χ1v) is 8.74. The van der Waals surface area contributed by atoms with E-state index in [0.717, 1.165) is 41.8 Å². The topological polar surface area (TPSA) is 54.5 Å². The van der Waals surface area contributed by atoms with E-state index in [-0.39, 0.29) is 6.03 Å². The highest BCUT2D eigenvalue weighted by atomic mass is 79.9. The molecular formula is C16H22BrN3O2. The lowest BCUT2D eigenvalue weighted by Crippen LogP contribution is -2.44. The Kier molecular flexibility index (Phi) is 4.98. The van der Waals surface area contributed by atoms with Crippen molar-refractivity contribution in [1.29, 1.82) is 0 Å². The van der Waals surface area contributed by atoms with Crippen LogP contribution in [0.4, 0.5) is 10.5 Å². The van der Waals surface area contributed by atoms with E-state index in [1.54, 1.807) is 6.20 Å². The highest BCUT2D eigenvalue weighted by Gasteiger charge is 2.27. The minimum Gasteiger partial charge on any atom is -0.375 e. The second-order valence-corrected chi connectivity index (χ2v) is 7.01. The number of piperidine rings is 1. The number of halogens is 1. The van der Waals surface area contributed by atoms with E-state index in [1.165, 1.54) is 19.3 Å². The lowest BCUT2D eigenvalue weighted by atomic mass is 9.95. The molecule has 0 aromatic carbocycles. The third-order valence-electron chi connectivity index (χ3n) is 4.46. The molecule has 0 atom stereocenters. The van der Waals surface area contributed by atoms with Gasteiger partial charge < -0.3 is 15.0 Å². The molecule has 1 aliphatic carbocycles. The van der Waals surface area contributed by atoms with Crippen molar-refractivity contribution >= 4 is 27.6 Å². The number of amides is 2. The summed E-state index contributed by atoms with van der Waals surface area (Å²) in [5.74, 6) is 0. The molecule has 0 unspecified atom stereocenters. The van der Waals surface area contributed by atoms with Gasteiger partial charge in [0, 0.05) is 23.8 Å². The van der Waals surface area contributed by atoms with Crippen molar-refractivity contribution in [3.8, 4) is 0 Å². The fraction of sp³-hybridized carbons (Fsp3) is 0.625. The number of carbonyl (C=O) groups excluding carboxylic acids is 1. The number of rotatable bonds is 3. The van der Waals surface area contributed by atoms with Crippen LogP contribution in [0.2, 0.25) is 0 Å². The van der Waals surface area contributed by atoms with Crippen LogP contribution >= 0.6 is 15.9 Å². The molecule has 1 saturated heterocycles. The van der Waals surface area contributed by atoms with Crippen LogP contribution in [0.25, 0.3) is 0 Å². The number of nitrogens with one attached hydrogen (secondary N) is 1. The molecule has 0 radical (unpaired) electrons. The molecule has 1 aliphatic heterocycles. The molecular weight excluding hydrogens is 346 g/mol. The van der Waals surface area contributed by atoms with E-state index in [2.05, 4.69) is 26.2 Å². The van der Waals surface area contributed by atoms with E-state index in [1.807, 2.05) is 17.9 Å². The molecule has 22 heavy (non-hydrogen) atoms. The molecule has 3 rings (SSSR count). The van der Waals surface area contributed by atoms with Crippen molar-refractivity contribution in [2.75, 3.05) is 18.4 Å². The Hall–Kier alpha value is -1.14. The standard InChI is InChI=1S/C16H22BrN3O2/c1-11-15(9-12(17)10-18-11)19-16(21)20-7-5-14(6-8-20)22-13-3-2-4-13/h9-10,13-14H,2-8H2,1H3,(H,19,21). The van der Waals surface area contributed by atoms with Gasteiger partial charge in [0.25, 0.3) is 0 Å². The highest BCUT2D eigenvalue weighted by Crippen LogP contribution is 2.27. The number of ether oxygens (including phenoxy) is 1. The first-order valence-electron chi connectivity index (χ1n) is 7.95. The van der Waals surface area contributed by atoms with Gasteiger partial charge in [-0.25, -0.2) is 4.79 Å². The Morgan fingerprint density at radius 2 is 2.00 bits per heavy atom. The number of anilines is 1. The fourth-order valence-electron chi connectivity index (χ4n) is 2.80.